The van der Waals surface area contributed by atoms with Gasteiger partial charge in [-0.15, -0.1) is 5.10 Å². The molecule has 0 aliphatic rings. The second-order valence-corrected chi connectivity index (χ2v) is 7.41. The molecular formula is C25H24N4O2. The number of carbonyl (C=O) groups excluding carboxylic acids is 1. The van der Waals surface area contributed by atoms with Crippen molar-refractivity contribution in [2.45, 2.75) is 20.4 Å². The summed E-state index contributed by atoms with van der Waals surface area (Å²) in [5.74, 6) is 1.46. The summed E-state index contributed by atoms with van der Waals surface area (Å²) in [6.07, 6.45) is 0. The first-order chi connectivity index (χ1) is 15.0. The van der Waals surface area contributed by atoms with E-state index < -0.39 is 0 Å². The maximum absolute atomic E-state index is 13.2. The molecule has 1 aromatic heterocycles. The number of nitrogens with zero attached hydrogens (tertiary/aromatic N) is 3. The van der Waals surface area contributed by atoms with E-state index >= 15 is 0 Å². The lowest BCUT2D eigenvalue weighted by Gasteiger charge is -2.08. The molecule has 1 heterocycles. The molecule has 0 aliphatic carbocycles. The van der Waals surface area contributed by atoms with Crippen LogP contribution in [-0.4, -0.2) is 27.8 Å². The Morgan fingerprint density at radius 2 is 1.52 bits per heavy atom. The zero-order valence-electron chi connectivity index (χ0n) is 17.8. The first-order valence-corrected chi connectivity index (χ1v) is 10.1. The first kappa shape index (κ1) is 20.3. The molecule has 0 amide bonds. The lowest BCUT2D eigenvalue weighted by atomic mass is 10.1. The molecule has 6 heteroatoms. The van der Waals surface area contributed by atoms with Crippen molar-refractivity contribution < 1.29 is 9.53 Å². The van der Waals surface area contributed by atoms with Crippen molar-refractivity contribution in [3.63, 3.8) is 0 Å². The molecule has 0 saturated heterocycles. The van der Waals surface area contributed by atoms with Gasteiger partial charge in [-0.2, -0.15) is 9.67 Å². The highest BCUT2D eigenvalue weighted by Gasteiger charge is 2.18. The van der Waals surface area contributed by atoms with E-state index in [-0.39, 0.29) is 5.91 Å². The summed E-state index contributed by atoms with van der Waals surface area (Å²) in [4.78, 5) is 17.8. The summed E-state index contributed by atoms with van der Waals surface area (Å²) in [6, 6.07) is 23.1. The predicted molar refractivity (Wildman–Crippen MR) is 121 cm³/mol. The van der Waals surface area contributed by atoms with E-state index in [1.807, 2.05) is 74.5 Å². The van der Waals surface area contributed by atoms with Crippen LogP contribution in [0.2, 0.25) is 0 Å². The fraction of sp³-hybridized carbons (Fsp3) is 0.160. The van der Waals surface area contributed by atoms with Gasteiger partial charge in [0.05, 0.1) is 7.11 Å². The summed E-state index contributed by atoms with van der Waals surface area (Å²) in [5, 5.41) is 7.78. The maximum atomic E-state index is 13.2. The average molecular weight is 412 g/mol. The minimum Gasteiger partial charge on any atom is -0.497 e. The van der Waals surface area contributed by atoms with E-state index in [2.05, 4.69) is 15.4 Å². The third-order valence-electron chi connectivity index (χ3n) is 5.02. The summed E-state index contributed by atoms with van der Waals surface area (Å²) in [7, 11) is 1.64. The van der Waals surface area contributed by atoms with E-state index in [1.54, 1.807) is 19.2 Å². The Morgan fingerprint density at radius 1 is 0.903 bits per heavy atom. The highest BCUT2D eigenvalue weighted by atomic mass is 16.5. The van der Waals surface area contributed by atoms with Crippen molar-refractivity contribution in [1.82, 2.24) is 14.8 Å². The minimum atomic E-state index is -0.233. The van der Waals surface area contributed by atoms with Crippen molar-refractivity contribution >= 4 is 11.9 Å². The van der Waals surface area contributed by atoms with Crippen LogP contribution < -0.4 is 10.1 Å². The second kappa shape index (κ2) is 8.83. The zero-order valence-corrected chi connectivity index (χ0v) is 17.8. The Morgan fingerprint density at radius 3 is 2.13 bits per heavy atom. The van der Waals surface area contributed by atoms with E-state index in [0.29, 0.717) is 23.9 Å². The second-order valence-electron chi connectivity index (χ2n) is 7.41. The van der Waals surface area contributed by atoms with Crippen LogP contribution in [-0.2, 0) is 6.54 Å². The van der Waals surface area contributed by atoms with Gasteiger partial charge in [0.2, 0.25) is 5.95 Å². The molecule has 0 radical (unpaired) electrons. The third-order valence-corrected chi connectivity index (χ3v) is 5.02. The number of aromatic nitrogens is 3. The molecular weight excluding hydrogens is 388 g/mol. The van der Waals surface area contributed by atoms with Gasteiger partial charge in [0.15, 0.2) is 5.82 Å². The van der Waals surface area contributed by atoms with E-state index in [1.165, 1.54) is 4.68 Å². The largest absolute Gasteiger partial charge is 0.497 e. The van der Waals surface area contributed by atoms with Crippen LogP contribution in [0.15, 0.2) is 72.8 Å². The molecule has 0 atom stereocenters. The lowest BCUT2D eigenvalue weighted by Crippen LogP contribution is -2.17. The molecule has 4 aromatic rings. The zero-order chi connectivity index (χ0) is 21.8. The summed E-state index contributed by atoms with van der Waals surface area (Å²) < 4.78 is 6.55. The minimum absolute atomic E-state index is 0.233. The Kier molecular flexibility index (Phi) is 5.80. The quantitative estimate of drug-likeness (QED) is 0.489. The Labute approximate surface area is 181 Å². The standard InChI is InChI=1S/C25H24N4O2/c1-17-4-10-20(11-5-17)23-27-25(26-16-19-8-14-22(31-3)15-9-19)29(28-23)24(30)21-12-6-18(2)7-13-21/h4-15H,16H2,1-3H3,(H,26,27,28). The summed E-state index contributed by atoms with van der Waals surface area (Å²) in [6.45, 7) is 4.51. The molecule has 0 fully saturated rings. The Hall–Kier alpha value is -3.93. The number of aryl methyl sites for hydroxylation is 2. The molecule has 6 nitrogen and oxygen atoms in total. The number of nitrogens with one attached hydrogen (secondary N) is 1. The van der Waals surface area contributed by atoms with Crippen LogP contribution in [0.1, 0.15) is 27.0 Å². The molecule has 0 aliphatic heterocycles. The molecule has 4 rings (SSSR count). The molecule has 0 unspecified atom stereocenters. The molecule has 31 heavy (non-hydrogen) atoms. The van der Waals surface area contributed by atoms with Crippen molar-refractivity contribution in [2.24, 2.45) is 0 Å². The van der Waals surface area contributed by atoms with Gasteiger partial charge in [-0.25, -0.2) is 0 Å². The molecule has 0 spiro atoms. The van der Waals surface area contributed by atoms with Gasteiger partial charge in [0.1, 0.15) is 5.75 Å². The lowest BCUT2D eigenvalue weighted by molar-refractivity contribution is 0.0947. The topological polar surface area (TPSA) is 69.0 Å². The molecule has 156 valence electrons. The van der Waals surface area contributed by atoms with E-state index in [9.17, 15) is 4.79 Å². The van der Waals surface area contributed by atoms with Crippen molar-refractivity contribution in [3.05, 3.63) is 95.1 Å². The first-order valence-electron chi connectivity index (χ1n) is 10.1. The number of methoxy groups -OCH3 is 1. The number of carbonyl (C=O) groups is 1. The highest BCUT2D eigenvalue weighted by molar-refractivity contribution is 5.97. The van der Waals surface area contributed by atoms with Gasteiger partial charge in [-0.05, 0) is 43.7 Å². The van der Waals surface area contributed by atoms with Gasteiger partial charge >= 0.3 is 0 Å². The number of benzene rings is 3. The third kappa shape index (κ3) is 4.64. The van der Waals surface area contributed by atoms with Crippen LogP contribution in [0.4, 0.5) is 5.95 Å². The Balaban J connectivity index is 1.66. The fourth-order valence-corrected chi connectivity index (χ4v) is 3.14. The van der Waals surface area contributed by atoms with E-state index in [4.69, 9.17) is 4.74 Å². The number of hydrogen-bond acceptors (Lipinski definition) is 5. The van der Waals surface area contributed by atoms with Crippen LogP contribution in [0.25, 0.3) is 11.4 Å². The average Bonchev–Trinajstić information content (AvgIpc) is 3.23. The highest BCUT2D eigenvalue weighted by Crippen LogP contribution is 2.21. The van der Waals surface area contributed by atoms with E-state index in [0.717, 1.165) is 28.0 Å². The number of anilines is 1. The van der Waals surface area contributed by atoms with Gasteiger partial charge in [-0.1, -0.05) is 59.7 Å². The van der Waals surface area contributed by atoms with Crippen molar-refractivity contribution in [3.8, 4) is 17.1 Å². The van der Waals surface area contributed by atoms with Crippen LogP contribution >= 0.6 is 0 Å². The van der Waals surface area contributed by atoms with Crippen LogP contribution in [0.3, 0.4) is 0 Å². The van der Waals surface area contributed by atoms with Gasteiger partial charge in [-0.3, -0.25) is 4.79 Å². The summed E-state index contributed by atoms with van der Waals surface area (Å²) >= 11 is 0. The molecule has 1 N–H and O–H groups in total. The van der Waals surface area contributed by atoms with Gasteiger partial charge < -0.3 is 10.1 Å². The summed E-state index contributed by atoms with van der Waals surface area (Å²) in [5.41, 5.74) is 4.69. The molecule has 0 saturated carbocycles. The van der Waals surface area contributed by atoms with Crippen molar-refractivity contribution in [2.75, 3.05) is 12.4 Å². The fourth-order valence-electron chi connectivity index (χ4n) is 3.14. The SMILES string of the molecule is COc1ccc(CNc2nc(-c3ccc(C)cc3)nn2C(=O)c2ccc(C)cc2)cc1. The number of hydrogen-bond donors (Lipinski definition) is 1. The monoisotopic (exact) mass is 412 g/mol. The smallest absolute Gasteiger partial charge is 0.281 e. The Bertz CT molecular complexity index is 1180. The molecule has 0 bridgehead atoms. The van der Waals surface area contributed by atoms with Crippen molar-refractivity contribution in [1.29, 1.82) is 0 Å². The molecule has 3 aromatic carbocycles. The van der Waals surface area contributed by atoms with Crippen LogP contribution in [0.5, 0.6) is 5.75 Å². The van der Waals surface area contributed by atoms with Crippen LogP contribution in [0, 0.1) is 13.8 Å². The maximum Gasteiger partial charge on any atom is 0.281 e. The number of ether oxygens (including phenoxy) is 1. The number of rotatable bonds is 6. The normalized spacial score (nSPS) is 10.7. The predicted octanol–water partition coefficient (Wildman–Crippen LogP) is 4.87. The van der Waals surface area contributed by atoms with Gasteiger partial charge in [0, 0.05) is 17.7 Å². The van der Waals surface area contributed by atoms with Gasteiger partial charge in [0.25, 0.3) is 5.91 Å².